The number of rotatable bonds is 3. The molecule has 1 saturated heterocycles. The van der Waals surface area contributed by atoms with Crippen LogP contribution in [0.2, 0.25) is 0 Å². The van der Waals surface area contributed by atoms with Crippen molar-refractivity contribution in [3.05, 3.63) is 47.7 Å². The Morgan fingerprint density at radius 1 is 1.20 bits per heavy atom. The second-order valence-electron chi connectivity index (χ2n) is 9.42. The summed E-state index contributed by atoms with van der Waals surface area (Å²) >= 11 is 0. The number of fused-ring (bicyclic) bond motifs is 2. The van der Waals surface area contributed by atoms with Gasteiger partial charge < -0.3 is 15.0 Å². The minimum atomic E-state index is -0.0581. The quantitative estimate of drug-likeness (QED) is 0.493. The maximum Gasteiger partial charge on any atom is 0.317 e. The zero-order chi connectivity index (χ0) is 24.1. The van der Waals surface area contributed by atoms with Crippen LogP contribution < -0.4 is 5.32 Å². The van der Waals surface area contributed by atoms with Gasteiger partial charge in [-0.3, -0.25) is 18.9 Å². The number of pyridine rings is 1. The third-order valence-corrected chi connectivity index (χ3v) is 7.19. The van der Waals surface area contributed by atoms with Gasteiger partial charge in [0.25, 0.3) is 0 Å². The van der Waals surface area contributed by atoms with Crippen molar-refractivity contribution < 1.29 is 9.53 Å². The van der Waals surface area contributed by atoms with Crippen molar-refractivity contribution in [3.63, 3.8) is 0 Å². The molecule has 2 aliphatic rings. The molecule has 4 aromatic heterocycles. The molecule has 35 heavy (non-hydrogen) atoms. The maximum atomic E-state index is 12.5. The smallest absolute Gasteiger partial charge is 0.317 e. The summed E-state index contributed by atoms with van der Waals surface area (Å²) in [7, 11) is 3.59. The van der Waals surface area contributed by atoms with Gasteiger partial charge in [-0.05, 0) is 31.9 Å². The SMILES string of the molecule is CNC(=O)N1CCc2c(c(-n3c(C)cc4cc(-c5cnn(C)c5)ncc43)nn2C2CCOCC2)C1. The van der Waals surface area contributed by atoms with Crippen LogP contribution in [0.15, 0.2) is 30.7 Å². The number of amides is 2. The number of hydrogen-bond donors (Lipinski definition) is 1. The predicted molar refractivity (Wildman–Crippen MR) is 131 cm³/mol. The monoisotopic (exact) mass is 474 g/mol. The molecule has 10 nitrogen and oxygen atoms in total. The number of aryl methyl sites for hydroxylation is 2. The highest BCUT2D eigenvalue weighted by Gasteiger charge is 2.31. The normalized spacial score (nSPS) is 16.6. The molecule has 0 aliphatic carbocycles. The Morgan fingerprint density at radius 3 is 2.77 bits per heavy atom. The van der Waals surface area contributed by atoms with Crippen molar-refractivity contribution >= 4 is 16.9 Å². The molecule has 6 heterocycles. The molecule has 10 heteroatoms. The van der Waals surface area contributed by atoms with Crippen molar-refractivity contribution in [1.29, 1.82) is 0 Å². The Balaban J connectivity index is 1.48. The van der Waals surface area contributed by atoms with Gasteiger partial charge in [-0.25, -0.2) is 4.79 Å². The van der Waals surface area contributed by atoms with Crippen LogP contribution in [0.1, 0.15) is 35.8 Å². The van der Waals surface area contributed by atoms with Crippen molar-refractivity contribution in [1.82, 2.24) is 39.3 Å². The zero-order valence-corrected chi connectivity index (χ0v) is 20.4. The molecular formula is C25H30N8O2. The highest BCUT2D eigenvalue weighted by atomic mass is 16.5. The van der Waals surface area contributed by atoms with E-state index in [4.69, 9.17) is 14.8 Å². The number of nitrogens with zero attached hydrogens (tertiary/aromatic N) is 7. The molecule has 4 aromatic rings. The van der Waals surface area contributed by atoms with E-state index in [0.717, 1.165) is 71.7 Å². The highest BCUT2D eigenvalue weighted by Crippen LogP contribution is 2.34. The predicted octanol–water partition coefficient (Wildman–Crippen LogP) is 2.98. The third kappa shape index (κ3) is 3.68. The molecule has 0 saturated carbocycles. The van der Waals surface area contributed by atoms with Crippen molar-refractivity contribution in [3.8, 4) is 17.1 Å². The first-order valence-corrected chi connectivity index (χ1v) is 12.2. The molecule has 0 radical (unpaired) electrons. The summed E-state index contributed by atoms with van der Waals surface area (Å²) in [4.78, 5) is 19.1. The number of urea groups is 1. The van der Waals surface area contributed by atoms with Crippen molar-refractivity contribution in [2.45, 2.75) is 38.8 Å². The molecule has 2 amide bonds. The van der Waals surface area contributed by atoms with Crippen molar-refractivity contribution in [2.24, 2.45) is 7.05 Å². The van der Waals surface area contributed by atoms with E-state index in [1.54, 1.807) is 11.7 Å². The number of nitrogens with one attached hydrogen (secondary N) is 1. The van der Waals surface area contributed by atoms with Crippen molar-refractivity contribution in [2.75, 3.05) is 26.8 Å². The molecule has 1 N–H and O–H groups in total. The largest absolute Gasteiger partial charge is 0.381 e. The lowest BCUT2D eigenvalue weighted by Gasteiger charge is -2.29. The van der Waals surface area contributed by atoms with Crippen LogP contribution in [0.5, 0.6) is 0 Å². The first-order chi connectivity index (χ1) is 17.0. The molecule has 182 valence electrons. The Hall–Kier alpha value is -3.66. The van der Waals surface area contributed by atoms with E-state index in [1.807, 2.05) is 30.5 Å². The molecule has 0 bridgehead atoms. The van der Waals surface area contributed by atoms with E-state index in [2.05, 4.69) is 38.7 Å². The van der Waals surface area contributed by atoms with Gasteiger partial charge in [-0.15, -0.1) is 0 Å². The van der Waals surface area contributed by atoms with Crippen LogP contribution in [-0.2, 0) is 24.8 Å². The highest BCUT2D eigenvalue weighted by molar-refractivity contribution is 5.86. The number of aromatic nitrogens is 6. The maximum absolute atomic E-state index is 12.5. The first-order valence-electron chi connectivity index (χ1n) is 12.2. The third-order valence-electron chi connectivity index (χ3n) is 7.19. The summed E-state index contributed by atoms with van der Waals surface area (Å²) in [5, 5.41) is 13.4. The van der Waals surface area contributed by atoms with Gasteiger partial charge in [0, 0.05) is 74.4 Å². The van der Waals surface area contributed by atoms with E-state index < -0.39 is 0 Å². The molecule has 6 rings (SSSR count). The van der Waals surface area contributed by atoms with E-state index in [1.165, 1.54) is 5.69 Å². The number of carbonyl (C=O) groups is 1. The molecule has 1 fully saturated rings. The van der Waals surface area contributed by atoms with Gasteiger partial charge in [0.1, 0.15) is 0 Å². The van der Waals surface area contributed by atoms with Gasteiger partial charge in [0.05, 0.1) is 36.2 Å². The molecule has 0 unspecified atom stereocenters. The molecule has 0 spiro atoms. The fourth-order valence-corrected chi connectivity index (χ4v) is 5.41. The van der Waals surface area contributed by atoms with Gasteiger partial charge >= 0.3 is 6.03 Å². The molecular weight excluding hydrogens is 444 g/mol. The van der Waals surface area contributed by atoms with Crippen LogP contribution in [0.4, 0.5) is 4.79 Å². The Bertz CT molecular complexity index is 1410. The van der Waals surface area contributed by atoms with Gasteiger partial charge in [0.15, 0.2) is 5.82 Å². The second-order valence-corrected chi connectivity index (χ2v) is 9.42. The zero-order valence-electron chi connectivity index (χ0n) is 20.4. The van der Waals surface area contributed by atoms with Gasteiger partial charge in [-0.1, -0.05) is 0 Å². The fourth-order valence-electron chi connectivity index (χ4n) is 5.41. The topological polar surface area (TPSA) is 95.0 Å². The van der Waals surface area contributed by atoms with Crippen LogP contribution in [-0.4, -0.2) is 66.8 Å². The standard InChI is InChI=1S/C25H30N8O2/c1-16-10-17-11-21(18-12-28-30(3)14-18)27-13-23(17)32(16)24-20-15-31(25(34)26-2)7-4-22(20)33(29-24)19-5-8-35-9-6-19/h10-14,19H,4-9,15H2,1-3H3,(H,26,34). The Kier molecular flexibility index (Phi) is 5.32. The lowest BCUT2D eigenvalue weighted by molar-refractivity contribution is 0.0651. The van der Waals surface area contributed by atoms with Crippen LogP contribution in [0.25, 0.3) is 28.0 Å². The Labute approximate surface area is 203 Å². The lowest BCUT2D eigenvalue weighted by Crippen LogP contribution is -2.41. The lowest BCUT2D eigenvalue weighted by atomic mass is 10.0. The summed E-state index contributed by atoms with van der Waals surface area (Å²) in [6.45, 7) is 4.83. The van der Waals surface area contributed by atoms with Crippen LogP contribution in [0.3, 0.4) is 0 Å². The minimum Gasteiger partial charge on any atom is -0.381 e. The van der Waals surface area contributed by atoms with Crippen LogP contribution >= 0.6 is 0 Å². The van der Waals surface area contributed by atoms with Gasteiger partial charge in [0.2, 0.25) is 0 Å². The summed E-state index contributed by atoms with van der Waals surface area (Å²) in [5.74, 6) is 0.892. The summed E-state index contributed by atoms with van der Waals surface area (Å²) in [5.41, 5.74) is 6.32. The minimum absolute atomic E-state index is 0.0581. The first kappa shape index (κ1) is 21.8. The number of carbonyl (C=O) groups excluding carboxylic acids is 1. The van der Waals surface area contributed by atoms with E-state index >= 15 is 0 Å². The molecule has 2 aliphatic heterocycles. The van der Waals surface area contributed by atoms with E-state index in [-0.39, 0.29) is 6.03 Å². The summed E-state index contributed by atoms with van der Waals surface area (Å²) in [6.07, 6.45) is 8.41. The number of hydrogen-bond acceptors (Lipinski definition) is 5. The fraction of sp³-hybridized carbons (Fsp3) is 0.440. The average Bonchev–Trinajstić information content (AvgIpc) is 3.57. The Morgan fingerprint density at radius 2 is 2.03 bits per heavy atom. The average molecular weight is 475 g/mol. The molecule has 0 aromatic carbocycles. The van der Waals surface area contributed by atoms with E-state index in [9.17, 15) is 4.79 Å². The van der Waals surface area contributed by atoms with Gasteiger partial charge in [-0.2, -0.15) is 10.2 Å². The summed E-state index contributed by atoms with van der Waals surface area (Å²) in [6, 6.07) is 4.54. The second kappa shape index (κ2) is 8.53. The molecule has 0 atom stereocenters. The number of ether oxygens (including phenoxy) is 1. The summed E-state index contributed by atoms with van der Waals surface area (Å²) < 4.78 is 11.8. The van der Waals surface area contributed by atoms with Crippen LogP contribution in [0, 0.1) is 6.92 Å². The van der Waals surface area contributed by atoms with E-state index in [0.29, 0.717) is 19.1 Å².